The van der Waals surface area contributed by atoms with Crippen molar-refractivity contribution in [3.63, 3.8) is 0 Å². The Morgan fingerprint density at radius 2 is 0.596 bits per heavy atom. The second-order valence-electron chi connectivity index (χ2n) is 25.7. The van der Waals surface area contributed by atoms with Gasteiger partial charge in [-0.15, -0.1) is 0 Å². The van der Waals surface area contributed by atoms with E-state index in [0.29, 0.717) is 52.2 Å². The van der Waals surface area contributed by atoms with E-state index in [0.717, 1.165) is 6.42 Å². The number of aliphatic hydroxyl groups excluding tert-OH is 12. The van der Waals surface area contributed by atoms with E-state index in [2.05, 4.69) is 21.3 Å². The molecule has 4 aliphatic heterocycles. The molecule has 104 heavy (non-hydrogen) atoms. The molecule has 4 fully saturated rings. The Bertz CT molecular complexity index is 2190. The fourth-order valence-electron chi connectivity index (χ4n) is 10.7. The fraction of sp³-hybridized carbons (Fsp3) is 0.879. The van der Waals surface area contributed by atoms with E-state index in [1.807, 2.05) is 13.8 Å². The van der Waals surface area contributed by atoms with Gasteiger partial charge >= 0.3 is 0 Å². The Morgan fingerprint density at radius 3 is 0.942 bits per heavy atom. The molecule has 38 nitrogen and oxygen atoms in total. The van der Waals surface area contributed by atoms with Crippen LogP contribution in [0.3, 0.4) is 0 Å². The number of ketones is 4. The van der Waals surface area contributed by atoms with E-state index in [4.69, 9.17) is 56.8 Å². The van der Waals surface area contributed by atoms with Crippen molar-refractivity contribution in [1.82, 2.24) is 31.1 Å². The summed E-state index contributed by atoms with van der Waals surface area (Å²) >= 11 is 0. The Hall–Kier alpha value is -4.48. The molecule has 0 radical (unpaired) electrons. The smallest absolute Gasteiger partial charge is 0.234 e. The minimum absolute atomic E-state index is 0.0110. The van der Waals surface area contributed by atoms with E-state index >= 15 is 0 Å². The first-order chi connectivity index (χ1) is 49.5. The number of hydrogen-bond donors (Lipinski definition) is 16. The molecule has 4 rings (SSSR count). The van der Waals surface area contributed by atoms with Crippen LogP contribution in [0, 0.1) is 0 Å². The number of nitrogens with one attached hydrogen (secondary N) is 4. The number of carbonyl (C=O) groups is 8. The molecule has 4 saturated heterocycles. The van der Waals surface area contributed by atoms with Crippen LogP contribution in [0.2, 0.25) is 0 Å². The highest BCUT2D eigenvalue weighted by Gasteiger charge is 2.46. The van der Waals surface area contributed by atoms with Gasteiger partial charge < -0.3 is 139 Å². The molecule has 20 atom stereocenters. The van der Waals surface area contributed by atoms with E-state index in [-0.39, 0.29) is 179 Å². The molecule has 0 aromatic rings. The van der Waals surface area contributed by atoms with Crippen molar-refractivity contribution in [1.29, 1.82) is 0 Å². The van der Waals surface area contributed by atoms with Crippen molar-refractivity contribution in [3.05, 3.63) is 0 Å². The summed E-state index contributed by atoms with van der Waals surface area (Å²) in [4.78, 5) is 102. The summed E-state index contributed by atoms with van der Waals surface area (Å²) in [6.45, 7) is 10.8. The summed E-state index contributed by atoms with van der Waals surface area (Å²) in [5.74, 6) is -2.24. The molecular formula is C66H118N6O32. The minimum Gasteiger partial charge on any atom is -0.388 e. The third-order valence-corrected chi connectivity index (χ3v) is 16.7. The number of rotatable bonds is 52. The largest absolute Gasteiger partial charge is 0.388 e. The van der Waals surface area contributed by atoms with Crippen LogP contribution in [0.15, 0.2) is 0 Å². The highest BCUT2D eigenvalue weighted by atomic mass is 16.7. The van der Waals surface area contributed by atoms with Gasteiger partial charge in [-0.3, -0.25) is 48.2 Å². The Morgan fingerprint density at radius 1 is 0.298 bits per heavy atom. The molecule has 0 aliphatic carbocycles. The van der Waals surface area contributed by atoms with Gasteiger partial charge in [0.15, 0.2) is 25.2 Å². The van der Waals surface area contributed by atoms with Crippen molar-refractivity contribution in [2.24, 2.45) is 0 Å². The highest BCUT2D eigenvalue weighted by molar-refractivity contribution is 5.86. The predicted molar refractivity (Wildman–Crippen MR) is 359 cm³/mol. The first-order valence-corrected chi connectivity index (χ1v) is 35.6. The third-order valence-electron chi connectivity index (χ3n) is 16.7. The number of Topliss-reactive ketones (excluding diaryl/α,β-unsaturated/α-hetero) is 4. The molecule has 0 unspecified atom stereocenters. The van der Waals surface area contributed by atoms with Gasteiger partial charge in [0.05, 0.1) is 136 Å². The average molecular weight is 1510 g/mol. The van der Waals surface area contributed by atoms with Gasteiger partial charge in [-0.25, -0.2) is 0 Å². The summed E-state index contributed by atoms with van der Waals surface area (Å²) < 4.78 is 64.9. The van der Waals surface area contributed by atoms with E-state index in [1.165, 1.54) is 37.5 Å². The van der Waals surface area contributed by atoms with Crippen LogP contribution in [-0.2, 0) is 95.2 Å². The molecule has 4 heterocycles. The van der Waals surface area contributed by atoms with Crippen molar-refractivity contribution >= 4 is 46.8 Å². The number of amides is 4. The lowest BCUT2D eigenvalue weighted by Gasteiger charge is -2.38. The lowest BCUT2D eigenvalue weighted by Crippen LogP contribution is -2.57. The molecule has 38 heteroatoms. The predicted octanol–water partition coefficient (Wildman–Crippen LogP) is -7.30. The number of carbonyl (C=O) groups excluding carboxylic acids is 8. The SMILES string of the molecule is CCCC(=O)CCOCCOCCCC(=O)CN(CC(=O)CCCO[C@@H]1O[C@@H](C)[C@@H](O)[C@@H](O)[C@@H]1O)CC(=O)CCCO[C@@H]1O[C@@H](C)[C@@H](O)[C@@H](O)[C@@H]1O.CCNC(=O)CCOCCOCCNC(=O)CN(CC(=O)NCCO[C@@H]1O[C@@H](C)[C@@H](O)[C@@H](O)[C@@H]1O)CC(=O)NCCO[C@@H]1O[C@@H](C)[C@@H](O)[C@@H](O)[C@@H]1O. The topological polar surface area (TPSA) is 545 Å². The average Bonchev–Trinajstić information content (AvgIpc) is 0.847. The summed E-state index contributed by atoms with van der Waals surface area (Å²) in [7, 11) is 0. The van der Waals surface area contributed by atoms with Crippen molar-refractivity contribution in [2.75, 3.05) is 145 Å². The maximum atomic E-state index is 12.9. The standard InChI is InChI=1S/C35H61NO16.C31H57N5O16/c1-4-8-24(37)12-16-48-18-17-47-13-5-9-25(38)19-36(20-26(39)10-6-14-49-34-32(45)30(43)28(41)22(2)51-34)21-27(40)11-7-15-50-35-33(46)31(44)29(42)23(3)52-35;1-4-32-20(37)5-9-47-13-14-48-10-6-33-21(38)15-36(16-22(39)34-7-11-49-30-28(45)26(43)24(41)18(2)51-30)17-23(40)35-8-12-50-31-29(46)27(44)25(42)19(3)52-31/h22-23,28-35,41-46H,4-21H2,1-3H3;18-19,24-31,41-46H,4-17H2,1-3H3,(H,32,37)(H,33,38)(H,34,39)(H,35,40)/t22-,23-,28+,29+,30+,31+,32-,33-,34+,35+;18-,19-,24+,25+,26+,27+,28-,29-,30+,31+/m00/s1. The highest BCUT2D eigenvalue weighted by Crippen LogP contribution is 2.25. The number of aliphatic hydroxyl groups is 12. The summed E-state index contributed by atoms with van der Waals surface area (Å²) in [5.41, 5.74) is 0. The Labute approximate surface area is 605 Å². The third kappa shape index (κ3) is 36.6. The first-order valence-electron chi connectivity index (χ1n) is 35.6. The van der Waals surface area contributed by atoms with E-state index in [9.17, 15) is 99.6 Å². The molecular weight excluding hydrogens is 1390 g/mol. The van der Waals surface area contributed by atoms with Crippen LogP contribution in [0.5, 0.6) is 0 Å². The zero-order chi connectivity index (χ0) is 77.3. The maximum Gasteiger partial charge on any atom is 0.234 e. The fourth-order valence-corrected chi connectivity index (χ4v) is 10.7. The van der Waals surface area contributed by atoms with Crippen LogP contribution in [0.4, 0.5) is 0 Å². The molecule has 604 valence electrons. The van der Waals surface area contributed by atoms with E-state index in [1.54, 1.807) is 0 Å². The van der Waals surface area contributed by atoms with Gasteiger partial charge in [0.25, 0.3) is 0 Å². The van der Waals surface area contributed by atoms with Gasteiger partial charge in [-0.1, -0.05) is 6.92 Å². The van der Waals surface area contributed by atoms with Gasteiger partial charge in [0.1, 0.15) is 96.4 Å². The van der Waals surface area contributed by atoms with Crippen LogP contribution in [0.25, 0.3) is 0 Å². The second kappa shape index (κ2) is 52.6. The quantitative estimate of drug-likeness (QED) is 0.0252. The van der Waals surface area contributed by atoms with Crippen LogP contribution >= 0.6 is 0 Å². The van der Waals surface area contributed by atoms with Gasteiger partial charge in [-0.05, 0) is 60.3 Å². The maximum absolute atomic E-state index is 12.9. The van der Waals surface area contributed by atoms with Gasteiger partial charge in [0.2, 0.25) is 23.6 Å². The van der Waals surface area contributed by atoms with E-state index < -0.39 is 141 Å². The van der Waals surface area contributed by atoms with Crippen LogP contribution in [0.1, 0.15) is 106 Å². The molecule has 4 amide bonds. The molecule has 0 bridgehead atoms. The monoisotopic (exact) mass is 1510 g/mol. The van der Waals surface area contributed by atoms with Crippen LogP contribution < -0.4 is 21.3 Å². The molecule has 0 saturated carbocycles. The number of hydrogen-bond acceptors (Lipinski definition) is 34. The van der Waals surface area contributed by atoms with Crippen molar-refractivity contribution < 1.29 is 156 Å². The second-order valence-corrected chi connectivity index (χ2v) is 25.7. The molecule has 0 aromatic carbocycles. The molecule has 16 N–H and O–H groups in total. The zero-order valence-corrected chi connectivity index (χ0v) is 60.6. The Kier molecular flexibility index (Phi) is 47.4. The summed E-state index contributed by atoms with van der Waals surface area (Å²) in [5, 5.41) is 130. The summed E-state index contributed by atoms with van der Waals surface area (Å²) in [6.07, 6.45) is -21.7. The lowest BCUT2D eigenvalue weighted by molar-refractivity contribution is -0.293. The number of ether oxygens (including phenoxy) is 12. The summed E-state index contributed by atoms with van der Waals surface area (Å²) in [6, 6.07) is 0. The van der Waals surface area contributed by atoms with Gasteiger partial charge in [0, 0.05) is 71.3 Å². The zero-order valence-electron chi connectivity index (χ0n) is 60.6. The molecule has 0 spiro atoms. The first kappa shape index (κ1) is 93.7. The normalized spacial score (nSPS) is 29.2. The lowest BCUT2D eigenvalue weighted by atomic mass is 10.00. The van der Waals surface area contributed by atoms with Crippen LogP contribution in [-0.4, -0.2) is 385 Å². The van der Waals surface area contributed by atoms with Crippen molar-refractivity contribution in [2.45, 2.75) is 229 Å². The molecule has 0 aromatic heterocycles. The Balaban J connectivity index is 0.000000540. The number of nitrogens with zero attached hydrogens (tertiary/aromatic N) is 2. The minimum atomic E-state index is -1.51. The molecule has 4 aliphatic rings. The van der Waals surface area contributed by atoms with Crippen molar-refractivity contribution in [3.8, 4) is 0 Å². The van der Waals surface area contributed by atoms with Gasteiger partial charge in [-0.2, -0.15) is 0 Å².